The molecule has 0 aliphatic carbocycles. The summed E-state index contributed by atoms with van der Waals surface area (Å²) in [6, 6.07) is 8.52. The van der Waals surface area contributed by atoms with E-state index in [2.05, 4.69) is 9.88 Å². The molecule has 2 aromatic heterocycles. The zero-order valence-corrected chi connectivity index (χ0v) is 22.2. The first-order chi connectivity index (χ1) is 18.7. The Kier molecular flexibility index (Phi) is 7.40. The lowest BCUT2D eigenvalue weighted by molar-refractivity contribution is -0.129. The molecular weight excluding hydrogens is 506 g/mol. The minimum atomic E-state index is -0.724. The Labute approximate surface area is 225 Å². The van der Waals surface area contributed by atoms with Crippen LogP contribution in [0.3, 0.4) is 0 Å². The van der Waals surface area contributed by atoms with Gasteiger partial charge in [0.05, 0.1) is 23.6 Å². The topological polar surface area (TPSA) is 91.8 Å². The van der Waals surface area contributed by atoms with E-state index in [4.69, 9.17) is 14.7 Å². The number of ether oxygens (including phenoxy) is 1. The Balaban J connectivity index is 1.44. The summed E-state index contributed by atoms with van der Waals surface area (Å²) >= 11 is 0. The van der Waals surface area contributed by atoms with Crippen molar-refractivity contribution in [3.05, 3.63) is 65.1 Å². The SMILES string of the molecule is CC(=O)N1CCc2nc(N3CCC(Oc4ccc(F)cc4F)CC3)c(-c3cccc(C(=O)N(C)C)n3)nc2C1. The molecule has 0 spiro atoms. The molecule has 0 bridgehead atoms. The van der Waals surface area contributed by atoms with Gasteiger partial charge in [-0.3, -0.25) is 9.59 Å². The maximum atomic E-state index is 14.1. The predicted octanol–water partition coefficient (Wildman–Crippen LogP) is 3.47. The summed E-state index contributed by atoms with van der Waals surface area (Å²) in [6.07, 6.45) is 1.54. The molecule has 0 atom stereocenters. The Morgan fingerprint density at radius 3 is 2.46 bits per heavy atom. The van der Waals surface area contributed by atoms with E-state index in [0.29, 0.717) is 74.0 Å². The van der Waals surface area contributed by atoms with E-state index >= 15 is 0 Å². The first kappa shape index (κ1) is 26.5. The first-order valence-corrected chi connectivity index (χ1v) is 12.9. The molecule has 0 unspecified atom stereocenters. The second-order valence-electron chi connectivity index (χ2n) is 9.97. The molecule has 0 N–H and O–H groups in total. The standard InChI is InChI=1S/C28H30F2N6O3/c1-17(37)36-14-11-21-24(16-36)32-26(22-5-4-6-23(31-22)28(38)34(2)3)27(33-21)35-12-9-19(10-13-35)39-25-8-7-18(29)15-20(25)30/h4-8,15,19H,9-14,16H2,1-3H3. The highest BCUT2D eigenvalue weighted by molar-refractivity contribution is 5.92. The van der Waals surface area contributed by atoms with E-state index < -0.39 is 11.6 Å². The average molecular weight is 537 g/mol. The highest BCUT2D eigenvalue weighted by Gasteiger charge is 2.29. The number of hydrogen-bond acceptors (Lipinski definition) is 7. The molecule has 0 saturated carbocycles. The summed E-state index contributed by atoms with van der Waals surface area (Å²) in [7, 11) is 3.34. The second-order valence-corrected chi connectivity index (χ2v) is 9.97. The summed E-state index contributed by atoms with van der Waals surface area (Å²) in [4.78, 5) is 44.5. The van der Waals surface area contributed by atoms with E-state index in [-0.39, 0.29) is 23.7 Å². The average Bonchev–Trinajstić information content (AvgIpc) is 2.93. The van der Waals surface area contributed by atoms with Crippen LogP contribution in [0.1, 0.15) is 41.6 Å². The van der Waals surface area contributed by atoms with E-state index in [1.807, 2.05) is 0 Å². The van der Waals surface area contributed by atoms with Gasteiger partial charge in [0.25, 0.3) is 5.91 Å². The zero-order chi connectivity index (χ0) is 27.7. The number of carbonyl (C=O) groups is 2. The van der Waals surface area contributed by atoms with Crippen LogP contribution in [0.4, 0.5) is 14.6 Å². The van der Waals surface area contributed by atoms with Crippen LogP contribution in [0.2, 0.25) is 0 Å². The number of piperidine rings is 1. The fourth-order valence-electron chi connectivity index (χ4n) is 4.83. The van der Waals surface area contributed by atoms with Crippen LogP contribution in [0, 0.1) is 11.6 Å². The van der Waals surface area contributed by atoms with Crippen LogP contribution in [-0.4, -0.2) is 76.4 Å². The van der Waals surface area contributed by atoms with Gasteiger partial charge in [-0.2, -0.15) is 0 Å². The van der Waals surface area contributed by atoms with Crippen molar-refractivity contribution in [2.45, 2.75) is 38.8 Å². The van der Waals surface area contributed by atoms with Gasteiger partial charge in [0, 0.05) is 66.0 Å². The molecule has 2 aliphatic heterocycles. The number of amides is 2. The molecule has 9 nitrogen and oxygen atoms in total. The maximum Gasteiger partial charge on any atom is 0.271 e. The van der Waals surface area contributed by atoms with Crippen molar-refractivity contribution in [1.82, 2.24) is 24.8 Å². The van der Waals surface area contributed by atoms with E-state index in [9.17, 15) is 18.4 Å². The van der Waals surface area contributed by atoms with Gasteiger partial charge < -0.3 is 19.4 Å². The third-order valence-corrected chi connectivity index (χ3v) is 6.98. The van der Waals surface area contributed by atoms with Gasteiger partial charge in [-0.05, 0) is 24.3 Å². The lowest BCUT2D eigenvalue weighted by Crippen LogP contribution is -2.40. The number of pyridine rings is 1. The van der Waals surface area contributed by atoms with Gasteiger partial charge in [-0.25, -0.2) is 23.7 Å². The van der Waals surface area contributed by atoms with Crippen molar-refractivity contribution >= 4 is 17.6 Å². The molecule has 39 heavy (non-hydrogen) atoms. The van der Waals surface area contributed by atoms with Crippen LogP contribution in [0.25, 0.3) is 11.4 Å². The monoisotopic (exact) mass is 536 g/mol. The quantitative estimate of drug-likeness (QED) is 0.493. The molecule has 2 aliphatic rings. The molecule has 11 heteroatoms. The van der Waals surface area contributed by atoms with Crippen LogP contribution < -0.4 is 9.64 Å². The molecule has 1 aromatic carbocycles. The molecule has 3 aromatic rings. The van der Waals surface area contributed by atoms with Crippen LogP contribution in [0.5, 0.6) is 5.75 Å². The van der Waals surface area contributed by atoms with Gasteiger partial charge in [0.15, 0.2) is 17.4 Å². The number of hydrogen-bond donors (Lipinski definition) is 0. The van der Waals surface area contributed by atoms with Crippen molar-refractivity contribution in [2.24, 2.45) is 0 Å². The molecule has 204 valence electrons. The van der Waals surface area contributed by atoms with E-state index in [0.717, 1.165) is 11.8 Å². The lowest BCUT2D eigenvalue weighted by Gasteiger charge is -2.35. The van der Waals surface area contributed by atoms with Gasteiger partial charge in [-0.1, -0.05) is 6.07 Å². The van der Waals surface area contributed by atoms with Crippen molar-refractivity contribution < 1.29 is 23.1 Å². The normalized spacial score (nSPS) is 15.6. The third kappa shape index (κ3) is 5.67. The van der Waals surface area contributed by atoms with E-state index in [1.54, 1.807) is 37.2 Å². The second kappa shape index (κ2) is 10.9. The number of benzene rings is 1. The molecule has 1 fully saturated rings. The van der Waals surface area contributed by atoms with Crippen LogP contribution in [-0.2, 0) is 17.8 Å². The molecule has 5 rings (SSSR count). The minimum absolute atomic E-state index is 0.0237. The maximum absolute atomic E-state index is 14.1. The minimum Gasteiger partial charge on any atom is -0.487 e. The van der Waals surface area contributed by atoms with Crippen LogP contribution >= 0.6 is 0 Å². The number of halogens is 2. The largest absolute Gasteiger partial charge is 0.487 e. The van der Waals surface area contributed by atoms with Gasteiger partial charge in [0.2, 0.25) is 5.91 Å². The number of carbonyl (C=O) groups excluding carboxylic acids is 2. The summed E-state index contributed by atoms with van der Waals surface area (Å²) in [5, 5.41) is 0. The zero-order valence-electron chi connectivity index (χ0n) is 22.2. The van der Waals surface area contributed by atoms with Crippen molar-refractivity contribution in [1.29, 1.82) is 0 Å². The van der Waals surface area contributed by atoms with Gasteiger partial charge >= 0.3 is 0 Å². The third-order valence-electron chi connectivity index (χ3n) is 6.98. The van der Waals surface area contributed by atoms with Crippen molar-refractivity contribution in [3.8, 4) is 17.1 Å². The molecule has 0 radical (unpaired) electrons. The van der Waals surface area contributed by atoms with Gasteiger partial charge in [-0.15, -0.1) is 0 Å². The van der Waals surface area contributed by atoms with Crippen molar-refractivity contribution in [2.75, 3.05) is 38.6 Å². The summed E-state index contributed by atoms with van der Waals surface area (Å²) in [5.41, 5.74) is 2.89. The molecule has 1 saturated heterocycles. The summed E-state index contributed by atoms with van der Waals surface area (Å²) in [6.45, 7) is 3.61. The fourth-order valence-corrected chi connectivity index (χ4v) is 4.83. The smallest absolute Gasteiger partial charge is 0.271 e. The lowest BCUT2D eigenvalue weighted by atomic mass is 10.1. The summed E-state index contributed by atoms with van der Waals surface area (Å²) in [5.74, 6) is -0.936. The molecule has 2 amide bonds. The van der Waals surface area contributed by atoms with E-state index in [1.165, 1.54) is 24.0 Å². The highest BCUT2D eigenvalue weighted by atomic mass is 19.1. The Morgan fingerprint density at radius 2 is 1.77 bits per heavy atom. The van der Waals surface area contributed by atoms with Crippen molar-refractivity contribution in [3.63, 3.8) is 0 Å². The van der Waals surface area contributed by atoms with Gasteiger partial charge in [0.1, 0.15) is 23.3 Å². The highest BCUT2D eigenvalue weighted by Crippen LogP contribution is 2.32. The van der Waals surface area contributed by atoms with Crippen LogP contribution in [0.15, 0.2) is 36.4 Å². The predicted molar refractivity (Wildman–Crippen MR) is 140 cm³/mol. The summed E-state index contributed by atoms with van der Waals surface area (Å²) < 4.78 is 33.2. The Bertz CT molecular complexity index is 1410. The number of anilines is 1. The molecular formula is C28H30F2N6O3. The number of nitrogens with zero attached hydrogens (tertiary/aromatic N) is 6. The number of aromatic nitrogens is 3. The number of fused-ring (bicyclic) bond motifs is 1. The fraction of sp³-hybridized carbons (Fsp3) is 0.393. The number of rotatable bonds is 5. The molecule has 4 heterocycles. The first-order valence-electron chi connectivity index (χ1n) is 12.9. The Morgan fingerprint density at radius 1 is 1.00 bits per heavy atom. The Hall–Kier alpha value is -4.15.